The first-order valence-corrected chi connectivity index (χ1v) is 7.98. The van der Waals surface area contributed by atoms with Crippen molar-refractivity contribution in [2.75, 3.05) is 26.7 Å². The number of rotatable bonds is 4. The van der Waals surface area contributed by atoms with Gasteiger partial charge in [0.15, 0.2) is 0 Å². The number of nitrogens with one attached hydrogen (secondary N) is 1. The fourth-order valence-electron chi connectivity index (χ4n) is 3.38. The molecule has 3 rings (SSSR count). The molecule has 1 aromatic carbocycles. The summed E-state index contributed by atoms with van der Waals surface area (Å²) < 4.78 is 0. The molecule has 4 heteroatoms. The van der Waals surface area contributed by atoms with Gasteiger partial charge in [0.25, 0.3) is 0 Å². The van der Waals surface area contributed by atoms with Gasteiger partial charge in [-0.25, -0.2) is 0 Å². The number of likely N-dealkylation sites (tertiary alicyclic amines) is 1. The Labute approximate surface area is 139 Å². The molecule has 1 unspecified atom stereocenters. The van der Waals surface area contributed by atoms with Crippen molar-refractivity contribution in [3.8, 4) is 0 Å². The summed E-state index contributed by atoms with van der Waals surface area (Å²) in [6, 6.07) is 11.0. The predicted octanol–water partition coefficient (Wildman–Crippen LogP) is 3.40. The maximum atomic E-state index is 4.58. The van der Waals surface area contributed by atoms with E-state index in [4.69, 9.17) is 0 Å². The lowest BCUT2D eigenvalue weighted by molar-refractivity contribution is 0.167. The number of hydrogen-bond donors (Lipinski definition) is 1. The molecule has 1 saturated heterocycles. The van der Waals surface area contributed by atoms with Gasteiger partial charge < -0.3 is 5.32 Å². The van der Waals surface area contributed by atoms with Crippen LogP contribution in [0.25, 0.3) is 10.9 Å². The number of benzene rings is 1. The predicted molar refractivity (Wildman–Crippen MR) is 95.7 cm³/mol. The van der Waals surface area contributed by atoms with Crippen LogP contribution in [-0.2, 0) is 6.54 Å². The molecule has 0 amide bonds. The maximum Gasteiger partial charge on any atom is 0.0705 e. The maximum absolute atomic E-state index is 4.58. The molecule has 0 spiro atoms. The molecule has 0 radical (unpaired) electrons. The highest BCUT2D eigenvalue weighted by Crippen LogP contribution is 2.20. The SMILES string of the molecule is CNCC1CCCN(Cc2ccc3nc(C)ccc3c2)C1.Cl. The Hall–Kier alpha value is -1.16. The van der Waals surface area contributed by atoms with E-state index in [-0.39, 0.29) is 12.4 Å². The van der Waals surface area contributed by atoms with E-state index in [1.54, 1.807) is 0 Å². The van der Waals surface area contributed by atoms with Crippen LogP contribution >= 0.6 is 12.4 Å². The molecule has 1 N–H and O–H groups in total. The van der Waals surface area contributed by atoms with Gasteiger partial charge in [0.1, 0.15) is 0 Å². The summed E-state index contributed by atoms with van der Waals surface area (Å²) in [7, 11) is 2.05. The molecule has 1 aromatic heterocycles. The first-order chi connectivity index (χ1) is 10.2. The van der Waals surface area contributed by atoms with E-state index in [9.17, 15) is 0 Å². The second-order valence-corrected chi connectivity index (χ2v) is 6.28. The first-order valence-electron chi connectivity index (χ1n) is 7.98. The molecule has 22 heavy (non-hydrogen) atoms. The van der Waals surface area contributed by atoms with Crippen molar-refractivity contribution in [1.29, 1.82) is 0 Å². The molecule has 1 atom stereocenters. The average Bonchev–Trinajstić information content (AvgIpc) is 2.48. The van der Waals surface area contributed by atoms with E-state index in [0.717, 1.165) is 30.2 Å². The Bertz CT molecular complexity index is 612. The minimum atomic E-state index is 0. The summed E-state index contributed by atoms with van der Waals surface area (Å²) in [5.74, 6) is 0.800. The minimum Gasteiger partial charge on any atom is -0.319 e. The van der Waals surface area contributed by atoms with Crippen LogP contribution in [0.5, 0.6) is 0 Å². The number of halogens is 1. The zero-order valence-corrected chi connectivity index (χ0v) is 14.3. The normalized spacial score (nSPS) is 19.1. The van der Waals surface area contributed by atoms with Crippen LogP contribution in [0.15, 0.2) is 30.3 Å². The number of aromatic nitrogens is 1. The first kappa shape index (κ1) is 17.2. The number of pyridine rings is 1. The molecule has 3 nitrogen and oxygen atoms in total. The summed E-state index contributed by atoms with van der Waals surface area (Å²) in [5, 5.41) is 4.57. The molecule has 2 aromatic rings. The van der Waals surface area contributed by atoms with Gasteiger partial charge in [0.2, 0.25) is 0 Å². The smallest absolute Gasteiger partial charge is 0.0705 e. The lowest BCUT2D eigenvalue weighted by Gasteiger charge is -2.32. The van der Waals surface area contributed by atoms with Crippen molar-refractivity contribution >= 4 is 23.3 Å². The zero-order chi connectivity index (χ0) is 14.7. The number of fused-ring (bicyclic) bond motifs is 1. The number of piperidine rings is 1. The molecule has 1 fully saturated rings. The van der Waals surface area contributed by atoms with Crippen molar-refractivity contribution in [2.45, 2.75) is 26.3 Å². The average molecular weight is 320 g/mol. The van der Waals surface area contributed by atoms with Gasteiger partial charge in [-0.3, -0.25) is 9.88 Å². The van der Waals surface area contributed by atoms with Crippen LogP contribution in [0, 0.1) is 12.8 Å². The molecule has 2 heterocycles. The zero-order valence-electron chi connectivity index (χ0n) is 13.5. The highest BCUT2D eigenvalue weighted by atomic mass is 35.5. The summed E-state index contributed by atoms with van der Waals surface area (Å²) in [4.78, 5) is 7.17. The highest BCUT2D eigenvalue weighted by Gasteiger charge is 2.19. The lowest BCUT2D eigenvalue weighted by atomic mass is 9.97. The molecule has 0 aliphatic carbocycles. The topological polar surface area (TPSA) is 28.2 Å². The van der Waals surface area contributed by atoms with Gasteiger partial charge in [-0.2, -0.15) is 0 Å². The van der Waals surface area contributed by atoms with Crippen molar-refractivity contribution in [1.82, 2.24) is 15.2 Å². The fourth-order valence-corrected chi connectivity index (χ4v) is 3.38. The molecule has 0 saturated carbocycles. The van der Waals surface area contributed by atoms with E-state index in [2.05, 4.69) is 52.6 Å². The Morgan fingerprint density at radius 2 is 2.14 bits per heavy atom. The molecule has 0 bridgehead atoms. The van der Waals surface area contributed by atoms with Gasteiger partial charge in [-0.15, -0.1) is 12.4 Å². The van der Waals surface area contributed by atoms with Gasteiger partial charge in [0, 0.05) is 24.2 Å². The number of hydrogen-bond acceptors (Lipinski definition) is 3. The van der Waals surface area contributed by atoms with Crippen LogP contribution in [-0.4, -0.2) is 36.6 Å². The van der Waals surface area contributed by atoms with Crippen LogP contribution < -0.4 is 5.32 Å². The summed E-state index contributed by atoms with van der Waals surface area (Å²) in [6.45, 7) is 6.68. The van der Waals surface area contributed by atoms with E-state index in [1.165, 1.54) is 36.9 Å². The Morgan fingerprint density at radius 3 is 2.95 bits per heavy atom. The monoisotopic (exact) mass is 319 g/mol. The standard InChI is InChI=1S/C18H25N3.ClH/c1-14-5-7-17-10-15(6-8-18(17)20-14)12-21-9-3-4-16(13-21)11-19-2;/h5-8,10,16,19H,3-4,9,11-13H2,1-2H3;1H. The molecule has 1 aliphatic rings. The Morgan fingerprint density at radius 1 is 1.27 bits per heavy atom. The van der Waals surface area contributed by atoms with E-state index in [0.29, 0.717) is 0 Å². The molecular weight excluding hydrogens is 294 g/mol. The van der Waals surface area contributed by atoms with Crippen molar-refractivity contribution < 1.29 is 0 Å². The van der Waals surface area contributed by atoms with Crippen molar-refractivity contribution in [3.05, 3.63) is 41.6 Å². The van der Waals surface area contributed by atoms with Crippen LogP contribution in [0.3, 0.4) is 0 Å². The molecule has 1 aliphatic heterocycles. The summed E-state index contributed by atoms with van der Waals surface area (Å²) in [5.41, 5.74) is 3.59. The largest absolute Gasteiger partial charge is 0.319 e. The van der Waals surface area contributed by atoms with Gasteiger partial charge >= 0.3 is 0 Å². The van der Waals surface area contributed by atoms with Crippen LogP contribution in [0.4, 0.5) is 0 Å². The van der Waals surface area contributed by atoms with Crippen LogP contribution in [0.2, 0.25) is 0 Å². The fraction of sp³-hybridized carbons (Fsp3) is 0.500. The quantitative estimate of drug-likeness (QED) is 0.936. The van der Waals surface area contributed by atoms with Crippen molar-refractivity contribution in [3.63, 3.8) is 0 Å². The Balaban J connectivity index is 0.00000176. The van der Waals surface area contributed by atoms with E-state index < -0.39 is 0 Å². The molecular formula is C18H26ClN3. The highest BCUT2D eigenvalue weighted by molar-refractivity contribution is 5.85. The number of nitrogens with zero attached hydrogens (tertiary/aromatic N) is 2. The second-order valence-electron chi connectivity index (χ2n) is 6.28. The van der Waals surface area contributed by atoms with Gasteiger partial charge in [-0.1, -0.05) is 12.1 Å². The number of aryl methyl sites for hydroxylation is 1. The van der Waals surface area contributed by atoms with Crippen LogP contribution in [0.1, 0.15) is 24.1 Å². The van der Waals surface area contributed by atoms with E-state index in [1.807, 2.05) is 6.92 Å². The minimum absolute atomic E-state index is 0. The third-order valence-corrected chi connectivity index (χ3v) is 4.39. The van der Waals surface area contributed by atoms with E-state index >= 15 is 0 Å². The third-order valence-electron chi connectivity index (χ3n) is 4.39. The van der Waals surface area contributed by atoms with Gasteiger partial charge in [0.05, 0.1) is 5.52 Å². The second kappa shape index (κ2) is 7.91. The summed E-state index contributed by atoms with van der Waals surface area (Å²) in [6.07, 6.45) is 2.68. The van der Waals surface area contributed by atoms with Gasteiger partial charge in [-0.05, 0) is 69.6 Å². The van der Waals surface area contributed by atoms with Crippen molar-refractivity contribution in [2.24, 2.45) is 5.92 Å². The summed E-state index contributed by atoms with van der Waals surface area (Å²) >= 11 is 0. The third kappa shape index (κ3) is 4.19. The Kier molecular flexibility index (Phi) is 6.18. The molecule has 120 valence electrons. The lowest BCUT2D eigenvalue weighted by Crippen LogP contribution is -2.38.